The predicted molar refractivity (Wildman–Crippen MR) is 97.2 cm³/mol. The molecule has 3 aliphatic rings. The van der Waals surface area contributed by atoms with Gasteiger partial charge in [0.05, 0.1) is 0 Å². The first-order chi connectivity index (χ1) is 12.7. The van der Waals surface area contributed by atoms with Crippen LogP contribution in [-0.4, -0.2) is 31.7 Å². The first-order valence-electron chi connectivity index (χ1n) is 9.66. The summed E-state index contributed by atoms with van der Waals surface area (Å²) in [6.07, 6.45) is 7.25. The second kappa shape index (κ2) is 7.56. The number of rotatable bonds is 6. The third-order valence-electron chi connectivity index (χ3n) is 5.72. The van der Waals surface area contributed by atoms with Crippen molar-refractivity contribution in [1.82, 2.24) is 5.32 Å². The maximum Gasteiger partial charge on any atom is 0.231 e. The van der Waals surface area contributed by atoms with Gasteiger partial charge >= 0.3 is 0 Å². The lowest BCUT2D eigenvalue weighted by atomic mass is 10.0. The number of nitrogens with one attached hydrogen (secondary N) is 1. The normalized spacial score (nSPS) is 22.2. The van der Waals surface area contributed by atoms with Crippen LogP contribution in [0, 0.1) is 11.8 Å². The van der Waals surface area contributed by atoms with Gasteiger partial charge in [-0.05, 0) is 24.5 Å². The highest BCUT2D eigenvalue weighted by Gasteiger charge is 2.31. The zero-order valence-corrected chi connectivity index (χ0v) is 15.0. The molecular formula is C20H26N2O4. The molecule has 6 nitrogen and oxygen atoms in total. The predicted octanol–water partition coefficient (Wildman–Crippen LogP) is 2.85. The van der Waals surface area contributed by atoms with Crippen molar-refractivity contribution in [3.63, 3.8) is 0 Å². The lowest BCUT2D eigenvalue weighted by Crippen LogP contribution is -2.31. The highest BCUT2D eigenvalue weighted by molar-refractivity contribution is 5.96. The number of nitrogens with zero attached hydrogens (tertiary/aromatic N) is 1. The van der Waals surface area contributed by atoms with Crippen LogP contribution in [0.1, 0.15) is 44.9 Å². The molecule has 1 saturated heterocycles. The van der Waals surface area contributed by atoms with Gasteiger partial charge in [-0.25, -0.2) is 0 Å². The smallest absolute Gasteiger partial charge is 0.231 e. The van der Waals surface area contributed by atoms with Crippen molar-refractivity contribution in [2.24, 2.45) is 11.8 Å². The van der Waals surface area contributed by atoms with Crippen molar-refractivity contribution in [3.05, 3.63) is 18.2 Å². The van der Waals surface area contributed by atoms with Gasteiger partial charge < -0.3 is 19.7 Å². The molecule has 0 aromatic heterocycles. The lowest BCUT2D eigenvalue weighted by Gasteiger charge is -2.17. The highest BCUT2D eigenvalue weighted by atomic mass is 16.7. The Morgan fingerprint density at radius 1 is 1.15 bits per heavy atom. The first kappa shape index (κ1) is 17.2. The van der Waals surface area contributed by atoms with Crippen molar-refractivity contribution < 1.29 is 19.1 Å². The fourth-order valence-corrected chi connectivity index (χ4v) is 4.20. The number of amides is 2. The minimum Gasteiger partial charge on any atom is -0.454 e. The summed E-state index contributed by atoms with van der Waals surface area (Å²) in [6.45, 7) is 1.42. The number of carbonyl (C=O) groups excluding carboxylic acids is 2. The molecule has 1 N–H and O–H groups in total. The molecule has 140 valence electrons. The minimum absolute atomic E-state index is 0.0917. The van der Waals surface area contributed by atoms with E-state index < -0.39 is 0 Å². The third kappa shape index (κ3) is 3.79. The molecule has 2 heterocycles. The van der Waals surface area contributed by atoms with Gasteiger partial charge in [0, 0.05) is 43.6 Å². The van der Waals surface area contributed by atoms with Crippen LogP contribution in [0.4, 0.5) is 5.69 Å². The third-order valence-corrected chi connectivity index (χ3v) is 5.72. The molecule has 2 aliphatic heterocycles. The largest absolute Gasteiger partial charge is 0.454 e. The molecule has 0 unspecified atom stereocenters. The molecule has 1 aliphatic carbocycles. The van der Waals surface area contributed by atoms with E-state index >= 15 is 0 Å². The summed E-state index contributed by atoms with van der Waals surface area (Å²) in [4.78, 5) is 26.2. The molecule has 0 spiro atoms. The van der Waals surface area contributed by atoms with Crippen LogP contribution in [0.5, 0.6) is 11.5 Å². The second-order valence-electron chi connectivity index (χ2n) is 7.61. The van der Waals surface area contributed by atoms with Crippen LogP contribution in [-0.2, 0) is 9.59 Å². The zero-order chi connectivity index (χ0) is 17.9. The van der Waals surface area contributed by atoms with E-state index in [1.165, 1.54) is 25.7 Å². The molecule has 0 radical (unpaired) electrons. The number of ether oxygens (including phenoxy) is 2. The lowest BCUT2D eigenvalue weighted by molar-refractivity contribution is -0.122. The summed E-state index contributed by atoms with van der Waals surface area (Å²) in [5.74, 6) is 2.49. The summed E-state index contributed by atoms with van der Waals surface area (Å²) in [6, 6.07) is 5.57. The molecule has 1 aromatic rings. The number of fused-ring (bicyclic) bond motifs is 1. The fraction of sp³-hybridized carbons (Fsp3) is 0.600. The summed E-state index contributed by atoms with van der Waals surface area (Å²) in [7, 11) is 0. The molecular weight excluding hydrogens is 332 g/mol. The van der Waals surface area contributed by atoms with Gasteiger partial charge in [-0.3, -0.25) is 9.59 Å². The minimum atomic E-state index is 0.0917. The molecule has 2 amide bonds. The topological polar surface area (TPSA) is 67.9 Å². The van der Waals surface area contributed by atoms with Crippen LogP contribution in [0.3, 0.4) is 0 Å². The number of benzene rings is 1. The van der Waals surface area contributed by atoms with Crippen molar-refractivity contribution in [2.45, 2.75) is 44.9 Å². The Kier molecular flexibility index (Phi) is 5.00. The maximum atomic E-state index is 12.4. The number of hydrogen-bond acceptors (Lipinski definition) is 4. The number of carbonyl (C=O) groups is 2. The van der Waals surface area contributed by atoms with E-state index in [4.69, 9.17) is 9.47 Å². The summed E-state index contributed by atoms with van der Waals surface area (Å²) in [5, 5.41) is 3.02. The number of anilines is 1. The molecule has 1 atom stereocenters. The molecule has 6 heteroatoms. The van der Waals surface area contributed by atoms with Crippen molar-refractivity contribution >= 4 is 17.5 Å². The van der Waals surface area contributed by atoms with Crippen LogP contribution < -0.4 is 19.7 Å². The van der Waals surface area contributed by atoms with E-state index in [1.54, 1.807) is 4.90 Å². The average Bonchev–Trinajstić information content (AvgIpc) is 3.38. The molecule has 4 rings (SSSR count). The second-order valence-corrected chi connectivity index (χ2v) is 7.61. The highest BCUT2D eigenvalue weighted by Crippen LogP contribution is 2.37. The van der Waals surface area contributed by atoms with Gasteiger partial charge in [0.15, 0.2) is 11.5 Å². The van der Waals surface area contributed by atoms with Crippen molar-refractivity contribution in [3.8, 4) is 11.5 Å². The van der Waals surface area contributed by atoms with Crippen LogP contribution >= 0.6 is 0 Å². The van der Waals surface area contributed by atoms with Crippen LogP contribution in [0.15, 0.2) is 18.2 Å². The molecule has 1 aromatic carbocycles. The Balaban J connectivity index is 1.25. The summed E-state index contributed by atoms with van der Waals surface area (Å²) in [5.41, 5.74) is 0.828. The Bertz CT molecular complexity index is 684. The number of hydrogen-bond donors (Lipinski definition) is 1. The van der Waals surface area contributed by atoms with Crippen LogP contribution in [0.2, 0.25) is 0 Å². The van der Waals surface area contributed by atoms with E-state index in [-0.39, 0.29) is 24.5 Å². The Morgan fingerprint density at radius 3 is 2.81 bits per heavy atom. The van der Waals surface area contributed by atoms with Gasteiger partial charge in [0.25, 0.3) is 0 Å². The van der Waals surface area contributed by atoms with Gasteiger partial charge in [-0.2, -0.15) is 0 Å². The summed E-state index contributed by atoms with van der Waals surface area (Å²) >= 11 is 0. The fourth-order valence-electron chi connectivity index (χ4n) is 4.20. The Hall–Kier alpha value is -2.24. The van der Waals surface area contributed by atoms with E-state index in [1.807, 2.05) is 18.2 Å². The maximum absolute atomic E-state index is 12.4. The summed E-state index contributed by atoms with van der Waals surface area (Å²) < 4.78 is 10.7. The SMILES string of the molecule is O=C(CCC1CCCC1)NC[C@@H]1CC(=O)N(c2ccc3c(c2)OCO3)C1. The van der Waals surface area contributed by atoms with E-state index in [0.717, 1.165) is 18.0 Å². The van der Waals surface area contributed by atoms with Gasteiger partial charge in [0.2, 0.25) is 18.6 Å². The van der Waals surface area contributed by atoms with Gasteiger partial charge in [0.1, 0.15) is 0 Å². The van der Waals surface area contributed by atoms with E-state index in [0.29, 0.717) is 37.4 Å². The molecule has 2 fully saturated rings. The Labute approximate surface area is 153 Å². The van der Waals surface area contributed by atoms with Crippen molar-refractivity contribution in [1.29, 1.82) is 0 Å². The van der Waals surface area contributed by atoms with Crippen LogP contribution in [0.25, 0.3) is 0 Å². The zero-order valence-electron chi connectivity index (χ0n) is 15.0. The van der Waals surface area contributed by atoms with Gasteiger partial charge in [-0.15, -0.1) is 0 Å². The van der Waals surface area contributed by atoms with E-state index in [9.17, 15) is 9.59 Å². The molecule has 1 saturated carbocycles. The van der Waals surface area contributed by atoms with Crippen molar-refractivity contribution in [2.75, 3.05) is 24.8 Å². The standard InChI is InChI=1S/C20H26N2O4/c23-19(8-5-14-3-1-2-4-14)21-11-15-9-20(24)22(12-15)16-6-7-17-18(10-16)26-13-25-17/h6-7,10,14-15H,1-5,8-9,11-13H2,(H,21,23)/t15-/m0/s1. The van der Waals surface area contributed by atoms with Gasteiger partial charge in [-0.1, -0.05) is 25.7 Å². The van der Waals surface area contributed by atoms with E-state index in [2.05, 4.69) is 5.32 Å². The molecule has 26 heavy (non-hydrogen) atoms. The first-order valence-corrected chi connectivity index (χ1v) is 9.66. The Morgan fingerprint density at radius 2 is 1.96 bits per heavy atom. The monoisotopic (exact) mass is 358 g/mol. The average molecular weight is 358 g/mol. The molecule has 0 bridgehead atoms. The quantitative estimate of drug-likeness (QED) is 0.849.